The van der Waals surface area contributed by atoms with Crippen LogP contribution in [-0.4, -0.2) is 19.1 Å². The van der Waals surface area contributed by atoms with Crippen molar-refractivity contribution in [3.8, 4) is 45.3 Å². The van der Waals surface area contributed by atoms with Crippen LogP contribution in [0, 0.1) is 0 Å². The monoisotopic (exact) mass is 646 g/mol. The Morgan fingerprint density at radius 3 is 1.42 bits per heavy atom. The Balaban J connectivity index is 1.28. The molecular formula is C46H38N4. The number of aromatic nitrogens is 4. The van der Waals surface area contributed by atoms with Gasteiger partial charge in [0.2, 0.25) is 0 Å². The van der Waals surface area contributed by atoms with Crippen molar-refractivity contribution in [1.29, 1.82) is 0 Å². The summed E-state index contributed by atoms with van der Waals surface area (Å²) in [6.45, 7) is 0. The molecular weight excluding hydrogens is 609 g/mol. The van der Waals surface area contributed by atoms with Crippen molar-refractivity contribution >= 4 is 21.8 Å². The van der Waals surface area contributed by atoms with Gasteiger partial charge in [-0.2, -0.15) is 0 Å². The van der Waals surface area contributed by atoms with Crippen LogP contribution in [0.5, 0.6) is 0 Å². The van der Waals surface area contributed by atoms with E-state index in [4.69, 9.17) is 9.97 Å². The van der Waals surface area contributed by atoms with Gasteiger partial charge in [-0.3, -0.25) is 0 Å². The van der Waals surface area contributed by atoms with Gasteiger partial charge in [0, 0.05) is 50.2 Å². The lowest BCUT2D eigenvalue weighted by molar-refractivity contribution is 0.665. The Bertz CT molecular complexity index is 2370. The lowest BCUT2D eigenvalue weighted by Gasteiger charge is -2.20. The third-order valence-corrected chi connectivity index (χ3v) is 10.9. The van der Waals surface area contributed by atoms with Crippen LogP contribution < -0.4 is 0 Å². The normalized spacial score (nSPS) is 14.2. The summed E-state index contributed by atoms with van der Waals surface area (Å²) in [5, 5.41) is 2.77. The molecule has 0 unspecified atom stereocenters. The minimum atomic E-state index is 0.737. The van der Waals surface area contributed by atoms with Gasteiger partial charge in [0.1, 0.15) is 0 Å². The third kappa shape index (κ3) is 4.81. The van der Waals surface area contributed by atoms with Crippen molar-refractivity contribution in [2.24, 2.45) is 0 Å². The summed E-state index contributed by atoms with van der Waals surface area (Å²) >= 11 is 0. The van der Waals surface area contributed by atoms with Crippen LogP contribution in [0.25, 0.3) is 67.1 Å². The summed E-state index contributed by atoms with van der Waals surface area (Å²) in [7, 11) is 0. The van der Waals surface area contributed by atoms with Gasteiger partial charge in [0.15, 0.2) is 5.82 Å². The van der Waals surface area contributed by atoms with Crippen molar-refractivity contribution in [3.63, 3.8) is 0 Å². The summed E-state index contributed by atoms with van der Waals surface area (Å²) in [6, 6.07) is 48.2. The van der Waals surface area contributed by atoms with E-state index in [2.05, 4.69) is 137 Å². The number of hydrogen-bond acceptors (Lipinski definition) is 2. The molecule has 4 heteroatoms. The molecule has 3 heterocycles. The van der Waals surface area contributed by atoms with Crippen LogP contribution in [0.4, 0.5) is 0 Å². The van der Waals surface area contributed by atoms with E-state index in [1.165, 1.54) is 81.4 Å². The van der Waals surface area contributed by atoms with Gasteiger partial charge in [-0.15, -0.1) is 0 Å². The Morgan fingerprint density at radius 2 is 0.860 bits per heavy atom. The lowest BCUT2D eigenvalue weighted by atomic mass is 9.95. The average Bonchev–Trinajstić information content (AvgIpc) is 3.71. The molecule has 0 aliphatic heterocycles. The first-order valence-corrected chi connectivity index (χ1v) is 18.2. The summed E-state index contributed by atoms with van der Waals surface area (Å²) in [4.78, 5) is 10.4. The van der Waals surface area contributed by atoms with E-state index in [0.29, 0.717) is 0 Å². The highest BCUT2D eigenvalue weighted by Gasteiger charge is 2.25. The maximum absolute atomic E-state index is 5.31. The minimum absolute atomic E-state index is 0.737. The van der Waals surface area contributed by atoms with Gasteiger partial charge >= 0.3 is 0 Å². The predicted molar refractivity (Wildman–Crippen MR) is 205 cm³/mol. The summed E-state index contributed by atoms with van der Waals surface area (Å²) in [5.41, 5.74) is 16.0. The first kappa shape index (κ1) is 29.2. The molecule has 0 saturated carbocycles. The highest BCUT2D eigenvalue weighted by atomic mass is 15.0. The first-order chi connectivity index (χ1) is 24.8. The molecule has 3 aromatic heterocycles. The number of benzene rings is 5. The number of aryl methyl sites for hydroxylation is 2. The SMILES string of the molecule is c1ccc(-c2cc(-c3cc(-n4c5c(c6ccccc64)CCCC5)cc(-n4c5c(c6ccccc64)CCCC5)c3)nc(-c3ccccc3)n2)cc1. The van der Waals surface area contributed by atoms with Crippen LogP contribution in [-0.2, 0) is 25.7 Å². The molecule has 0 spiro atoms. The van der Waals surface area contributed by atoms with Gasteiger partial charge in [0.25, 0.3) is 0 Å². The molecule has 2 aliphatic carbocycles. The van der Waals surface area contributed by atoms with Gasteiger partial charge in [0.05, 0.1) is 22.4 Å². The standard InChI is InChI=1S/C46H38N4/c1-3-15-31(16-4-1)40-30-41(48-46(47-40)32-17-5-2-6-18-32)33-27-34(49-42-23-11-7-19-36(42)37-20-8-12-24-43(37)49)29-35(28-33)50-44-25-13-9-21-38(44)39-22-10-14-26-45(39)50/h1-7,9,11,13,15-19,21,23,25,27-30H,8,10,12,14,20,22,24,26H2. The first-order valence-electron chi connectivity index (χ1n) is 18.2. The average molecular weight is 647 g/mol. The zero-order valence-electron chi connectivity index (χ0n) is 28.1. The van der Waals surface area contributed by atoms with Crippen LogP contribution in [0.3, 0.4) is 0 Å². The molecule has 8 aromatic rings. The van der Waals surface area contributed by atoms with E-state index in [1.807, 2.05) is 6.07 Å². The zero-order chi connectivity index (χ0) is 33.0. The molecule has 0 radical (unpaired) electrons. The topological polar surface area (TPSA) is 35.6 Å². The molecule has 0 amide bonds. The molecule has 242 valence electrons. The van der Waals surface area contributed by atoms with Crippen LogP contribution in [0.1, 0.15) is 48.2 Å². The van der Waals surface area contributed by atoms with Gasteiger partial charge < -0.3 is 9.13 Å². The maximum Gasteiger partial charge on any atom is 0.160 e. The van der Waals surface area contributed by atoms with E-state index in [-0.39, 0.29) is 0 Å². The van der Waals surface area contributed by atoms with Crippen molar-refractivity contribution in [2.45, 2.75) is 51.4 Å². The second kappa shape index (κ2) is 12.0. The van der Waals surface area contributed by atoms with E-state index in [9.17, 15) is 0 Å². The van der Waals surface area contributed by atoms with E-state index in [1.54, 1.807) is 0 Å². The molecule has 0 N–H and O–H groups in total. The van der Waals surface area contributed by atoms with Crippen molar-refractivity contribution in [3.05, 3.63) is 156 Å². The quantitative estimate of drug-likeness (QED) is 0.187. The summed E-state index contributed by atoms with van der Waals surface area (Å²) in [5.74, 6) is 0.737. The lowest BCUT2D eigenvalue weighted by Crippen LogP contribution is -2.10. The molecule has 50 heavy (non-hydrogen) atoms. The Hall–Kier alpha value is -5.74. The van der Waals surface area contributed by atoms with Gasteiger partial charge in [-0.1, -0.05) is 97.1 Å². The molecule has 4 nitrogen and oxygen atoms in total. The Morgan fingerprint density at radius 1 is 0.400 bits per heavy atom. The fourth-order valence-corrected chi connectivity index (χ4v) is 8.65. The van der Waals surface area contributed by atoms with Crippen molar-refractivity contribution in [2.75, 3.05) is 0 Å². The Kier molecular flexibility index (Phi) is 7.00. The molecule has 10 rings (SSSR count). The number of hydrogen-bond donors (Lipinski definition) is 0. The number of fused-ring (bicyclic) bond motifs is 6. The number of para-hydroxylation sites is 2. The molecule has 2 aliphatic rings. The zero-order valence-corrected chi connectivity index (χ0v) is 28.1. The fraction of sp³-hybridized carbons (Fsp3) is 0.174. The Labute approximate surface area is 292 Å². The molecule has 5 aromatic carbocycles. The molecule has 0 atom stereocenters. The van der Waals surface area contributed by atoms with E-state index < -0.39 is 0 Å². The van der Waals surface area contributed by atoms with Gasteiger partial charge in [-0.25, -0.2) is 9.97 Å². The molecule has 0 fully saturated rings. The number of rotatable bonds is 5. The van der Waals surface area contributed by atoms with Crippen molar-refractivity contribution in [1.82, 2.24) is 19.1 Å². The van der Waals surface area contributed by atoms with Crippen LogP contribution in [0.15, 0.2) is 133 Å². The van der Waals surface area contributed by atoms with E-state index >= 15 is 0 Å². The summed E-state index contributed by atoms with van der Waals surface area (Å²) < 4.78 is 5.12. The van der Waals surface area contributed by atoms with Crippen molar-refractivity contribution < 1.29 is 0 Å². The summed E-state index contributed by atoms with van der Waals surface area (Å²) in [6.07, 6.45) is 9.40. The molecule has 0 saturated heterocycles. The fourth-order valence-electron chi connectivity index (χ4n) is 8.65. The predicted octanol–water partition coefficient (Wildman–Crippen LogP) is 11.1. The second-order valence-electron chi connectivity index (χ2n) is 13.9. The maximum atomic E-state index is 5.31. The van der Waals surface area contributed by atoms with Crippen LogP contribution >= 0.6 is 0 Å². The highest BCUT2D eigenvalue weighted by molar-refractivity contribution is 5.90. The second-order valence-corrected chi connectivity index (χ2v) is 13.9. The van der Waals surface area contributed by atoms with Crippen LogP contribution in [0.2, 0.25) is 0 Å². The molecule has 0 bridgehead atoms. The highest BCUT2D eigenvalue weighted by Crippen LogP contribution is 2.40. The van der Waals surface area contributed by atoms with E-state index in [0.717, 1.165) is 59.6 Å². The smallest absolute Gasteiger partial charge is 0.160 e. The largest absolute Gasteiger partial charge is 0.313 e. The minimum Gasteiger partial charge on any atom is -0.313 e. The third-order valence-electron chi connectivity index (χ3n) is 10.9. The number of nitrogens with zero attached hydrogens (tertiary/aromatic N) is 4. The van der Waals surface area contributed by atoms with Gasteiger partial charge in [-0.05, 0) is 98.9 Å².